The Morgan fingerprint density at radius 2 is 1.93 bits per heavy atom. The summed E-state index contributed by atoms with van der Waals surface area (Å²) in [6.45, 7) is 3.78. The highest BCUT2D eigenvalue weighted by molar-refractivity contribution is 7.22. The number of carbonyl (C=O) groups excluding carboxylic acids is 2. The second-order valence-corrected chi connectivity index (χ2v) is 6.83. The third-order valence-electron chi connectivity index (χ3n) is 3.84. The standard InChI is InChI=1S/C19H18N2O5S/c1-4-25-13-7-5-12(6-8-13)20-19(24)21(3)17-10-15-16(27-17)9-14(11(2)22)18(23)26-15/h5-10H,4H2,1-3H3,(H,20,24). The molecule has 0 aliphatic rings. The average molecular weight is 386 g/mol. The van der Waals surface area contributed by atoms with Gasteiger partial charge in [-0.2, -0.15) is 0 Å². The van der Waals surface area contributed by atoms with Gasteiger partial charge in [0, 0.05) is 18.8 Å². The number of Topliss-reactive ketones (excluding diaryl/α,β-unsaturated/α-hetero) is 1. The molecule has 2 heterocycles. The maximum atomic E-state index is 12.5. The predicted octanol–water partition coefficient (Wildman–Crippen LogP) is 4.12. The molecule has 7 nitrogen and oxygen atoms in total. The van der Waals surface area contributed by atoms with Crippen LogP contribution in [-0.4, -0.2) is 25.5 Å². The average Bonchev–Trinajstić information content (AvgIpc) is 3.04. The molecular weight excluding hydrogens is 368 g/mol. The number of nitrogens with zero attached hydrogens (tertiary/aromatic N) is 1. The summed E-state index contributed by atoms with van der Waals surface area (Å²) in [5.74, 6) is 0.367. The number of urea groups is 1. The Balaban J connectivity index is 1.80. The summed E-state index contributed by atoms with van der Waals surface area (Å²) in [5.41, 5.74) is 0.283. The number of hydrogen-bond donors (Lipinski definition) is 1. The highest BCUT2D eigenvalue weighted by atomic mass is 32.1. The molecule has 0 saturated carbocycles. The topological polar surface area (TPSA) is 88.8 Å². The Kier molecular flexibility index (Phi) is 5.27. The molecule has 1 aromatic carbocycles. The van der Waals surface area contributed by atoms with Gasteiger partial charge in [-0.15, -0.1) is 11.3 Å². The van der Waals surface area contributed by atoms with Crippen LogP contribution in [-0.2, 0) is 0 Å². The van der Waals surface area contributed by atoms with Gasteiger partial charge in [-0.1, -0.05) is 0 Å². The SMILES string of the molecule is CCOc1ccc(NC(=O)N(C)c2cc3oc(=O)c(C(C)=O)cc3s2)cc1. The first kappa shape index (κ1) is 18.7. The van der Waals surface area contributed by atoms with Crippen LogP contribution in [0.3, 0.4) is 0 Å². The number of carbonyl (C=O) groups is 2. The number of thiophene rings is 1. The van der Waals surface area contributed by atoms with Gasteiger partial charge in [0.15, 0.2) is 11.4 Å². The lowest BCUT2D eigenvalue weighted by atomic mass is 10.2. The molecule has 0 radical (unpaired) electrons. The van der Waals surface area contributed by atoms with E-state index in [1.165, 1.54) is 29.2 Å². The second kappa shape index (κ2) is 7.63. The van der Waals surface area contributed by atoms with Crippen LogP contribution in [0.25, 0.3) is 10.3 Å². The lowest BCUT2D eigenvalue weighted by molar-refractivity contribution is 0.101. The van der Waals surface area contributed by atoms with Crippen LogP contribution >= 0.6 is 11.3 Å². The summed E-state index contributed by atoms with van der Waals surface area (Å²) in [6.07, 6.45) is 0. The van der Waals surface area contributed by atoms with Gasteiger partial charge < -0.3 is 14.5 Å². The molecule has 0 fully saturated rings. The van der Waals surface area contributed by atoms with Crippen LogP contribution in [0, 0.1) is 0 Å². The molecule has 1 N–H and O–H groups in total. The van der Waals surface area contributed by atoms with Crippen molar-refractivity contribution < 1.29 is 18.7 Å². The predicted molar refractivity (Wildman–Crippen MR) is 105 cm³/mol. The van der Waals surface area contributed by atoms with Gasteiger partial charge in [0.25, 0.3) is 0 Å². The van der Waals surface area contributed by atoms with Gasteiger partial charge in [0.1, 0.15) is 16.3 Å². The fourth-order valence-electron chi connectivity index (χ4n) is 2.42. The van der Waals surface area contributed by atoms with E-state index in [0.717, 1.165) is 5.75 Å². The minimum Gasteiger partial charge on any atom is -0.494 e. The third-order valence-corrected chi connectivity index (χ3v) is 4.98. The zero-order valence-corrected chi connectivity index (χ0v) is 15.9. The molecule has 0 atom stereocenters. The molecule has 27 heavy (non-hydrogen) atoms. The number of benzene rings is 1. The monoisotopic (exact) mass is 386 g/mol. The smallest absolute Gasteiger partial charge is 0.347 e. The molecule has 3 aromatic rings. The van der Waals surface area contributed by atoms with E-state index in [-0.39, 0.29) is 17.4 Å². The van der Waals surface area contributed by atoms with E-state index in [2.05, 4.69) is 5.32 Å². The van der Waals surface area contributed by atoms with Crippen molar-refractivity contribution in [1.82, 2.24) is 0 Å². The number of fused-ring (bicyclic) bond motifs is 1. The van der Waals surface area contributed by atoms with E-state index < -0.39 is 5.63 Å². The van der Waals surface area contributed by atoms with Crippen LogP contribution in [0.5, 0.6) is 5.75 Å². The van der Waals surface area contributed by atoms with Crippen LogP contribution in [0.15, 0.2) is 45.6 Å². The Hall–Kier alpha value is -3.13. The third kappa shape index (κ3) is 4.01. The van der Waals surface area contributed by atoms with Crippen LogP contribution in [0.2, 0.25) is 0 Å². The van der Waals surface area contributed by atoms with Crippen LogP contribution < -0.4 is 20.6 Å². The molecule has 8 heteroatoms. The summed E-state index contributed by atoms with van der Waals surface area (Å²) in [5, 5.41) is 3.37. The lowest BCUT2D eigenvalue weighted by Crippen LogP contribution is -2.30. The van der Waals surface area contributed by atoms with Crippen molar-refractivity contribution in [3.8, 4) is 5.75 Å². The molecule has 2 aromatic heterocycles. The zero-order chi connectivity index (χ0) is 19.6. The molecular formula is C19H18N2O5S. The number of hydrogen-bond acceptors (Lipinski definition) is 6. The minimum absolute atomic E-state index is 0.00241. The zero-order valence-electron chi connectivity index (χ0n) is 15.1. The first-order chi connectivity index (χ1) is 12.9. The van der Waals surface area contributed by atoms with E-state index in [9.17, 15) is 14.4 Å². The maximum Gasteiger partial charge on any atom is 0.347 e. The molecule has 0 saturated heterocycles. The van der Waals surface area contributed by atoms with Crippen molar-refractivity contribution in [1.29, 1.82) is 0 Å². The number of anilines is 2. The number of rotatable bonds is 5. The van der Waals surface area contributed by atoms with Gasteiger partial charge in [0.05, 0.1) is 11.3 Å². The lowest BCUT2D eigenvalue weighted by Gasteiger charge is -2.16. The largest absolute Gasteiger partial charge is 0.494 e. The number of ether oxygens (including phenoxy) is 1. The van der Waals surface area contributed by atoms with Crippen molar-refractivity contribution in [2.75, 3.05) is 23.9 Å². The van der Waals surface area contributed by atoms with Gasteiger partial charge in [0.2, 0.25) is 0 Å². The molecule has 2 amide bonds. The summed E-state index contributed by atoms with van der Waals surface area (Å²) >= 11 is 1.25. The number of ketones is 1. The summed E-state index contributed by atoms with van der Waals surface area (Å²) < 4.78 is 11.2. The summed E-state index contributed by atoms with van der Waals surface area (Å²) in [7, 11) is 1.61. The molecule has 0 aliphatic carbocycles. The van der Waals surface area contributed by atoms with Crippen LogP contribution in [0.4, 0.5) is 15.5 Å². The number of amides is 2. The van der Waals surface area contributed by atoms with Gasteiger partial charge in [-0.05, 0) is 44.2 Å². The van der Waals surface area contributed by atoms with E-state index in [1.54, 1.807) is 37.4 Å². The normalized spacial score (nSPS) is 10.6. The van der Waals surface area contributed by atoms with E-state index >= 15 is 0 Å². The Morgan fingerprint density at radius 1 is 1.22 bits per heavy atom. The van der Waals surface area contributed by atoms with Crippen LogP contribution in [0.1, 0.15) is 24.2 Å². The van der Waals surface area contributed by atoms with Gasteiger partial charge in [-0.3, -0.25) is 9.69 Å². The molecule has 0 spiro atoms. The van der Waals surface area contributed by atoms with Crippen molar-refractivity contribution in [3.05, 3.63) is 52.4 Å². The van der Waals surface area contributed by atoms with E-state index in [4.69, 9.17) is 9.15 Å². The highest BCUT2D eigenvalue weighted by Crippen LogP contribution is 2.32. The second-order valence-electron chi connectivity index (χ2n) is 5.76. The molecule has 0 aliphatic heterocycles. The molecule has 0 unspecified atom stereocenters. The van der Waals surface area contributed by atoms with Crippen molar-refractivity contribution >= 4 is 44.1 Å². The van der Waals surface area contributed by atoms with Gasteiger partial charge in [-0.25, -0.2) is 9.59 Å². The first-order valence-corrected chi connectivity index (χ1v) is 9.07. The fraction of sp³-hybridized carbons (Fsp3) is 0.211. The molecule has 140 valence electrons. The van der Waals surface area contributed by atoms with Crippen molar-refractivity contribution in [2.24, 2.45) is 0 Å². The fourth-order valence-corrected chi connectivity index (χ4v) is 3.41. The Morgan fingerprint density at radius 3 is 2.56 bits per heavy atom. The molecule has 3 rings (SSSR count). The highest BCUT2D eigenvalue weighted by Gasteiger charge is 2.17. The molecule has 0 bridgehead atoms. The Labute approximate surface area is 159 Å². The summed E-state index contributed by atoms with van der Waals surface area (Å²) in [4.78, 5) is 37.2. The van der Waals surface area contributed by atoms with Crippen molar-refractivity contribution in [3.63, 3.8) is 0 Å². The first-order valence-electron chi connectivity index (χ1n) is 8.25. The van der Waals surface area contributed by atoms with E-state index in [0.29, 0.717) is 27.6 Å². The Bertz CT molecular complexity index is 1050. The quantitative estimate of drug-likeness (QED) is 0.666. The maximum absolute atomic E-state index is 12.5. The summed E-state index contributed by atoms with van der Waals surface area (Å²) in [6, 6.07) is 9.80. The van der Waals surface area contributed by atoms with E-state index in [1.807, 2.05) is 6.92 Å². The van der Waals surface area contributed by atoms with Crippen molar-refractivity contribution in [2.45, 2.75) is 13.8 Å². The van der Waals surface area contributed by atoms with Gasteiger partial charge >= 0.3 is 11.7 Å². The minimum atomic E-state index is -0.680. The number of nitrogens with one attached hydrogen (secondary N) is 1.